The topological polar surface area (TPSA) is 79.1 Å². The standard InChI is InChI=1S/C23H15FN4O2S/c24-18-4-1-5-19(12-18)30-10-8-22(29)28(15-17-3-2-9-26-14-17)23-27-20-7-6-16(13-25)11-21(20)31-23/h1-12,14H,15H2. The zero-order chi connectivity index (χ0) is 21.6. The van der Waals surface area contributed by atoms with Gasteiger partial charge in [0, 0.05) is 24.5 Å². The Morgan fingerprint density at radius 1 is 1.23 bits per heavy atom. The summed E-state index contributed by atoms with van der Waals surface area (Å²) in [5, 5.41) is 9.60. The van der Waals surface area contributed by atoms with Crippen LogP contribution in [0.3, 0.4) is 0 Å². The molecular formula is C23H15FN4O2S. The average molecular weight is 430 g/mol. The first kappa shape index (κ1) is 20.2. The Morgan fingerprint density at radius 2 is 2.13 bits per heavy atom. The van der Waals surface area contributed by atoms with Gasteiger partial charge < -0.3 is 4.74 Å². The molecule has 0 radical (unpaired) electrons. The van der Waals surface area contributed by atoms with Gasteiger partial charge in [-0.05, 0) is 42.0 Å². The number of amides is 1. The summed E-state index contributed by atoms with van der Waals surface area (Å²) in [6, 6.07) is 16.6. The molecule has 0 saturated carbocycles. The number of pyridine rings is 1. The second kappa shape index (κ2) is 9.15. The molecule has 2 aromatic heterocycles. The van der Waals surface area contributed by atoms with Crippen LogP contribution in [0.5, 0.6) is 5.75 Å². The molecule has 152 valence electrons. The number of anilines is 1. The van der Waals surface area contributed by atoms with Gasteiger partial charge in [-0.2, -0.15) is 5.26 Å². The van der Waals surface area contributed by atoms with Gasteiger partial charge in [0.2, 0.25) is 0 Å². The number of halogens is 1. The van der Waals surface area contributed by atoms with Crippen molar-refractivity contribution >= 4 is 32.6 Å². The molecular weight excluding hydrogens is 415 g/mol. The highest BCUT2D eigenvalue weighted by Crippen LogP contribution is 2.30. The lowest BCUT2D eigenvalue weighted by molar-refractivity contribution is -0.114. The van der Waals surface area contributed by atoms with Crippen LogP contribution in [0, 0.1) is 17.1 Å². The number of nitrogens with zero attached hydrogens (tertiary/aromatic N) is 4. The van der Waals surface area contributed by atoms with Crippen molar-refractivity contribution in [1.82, 2.24) is 9.97 Å². The van der Waals surface area contributed by atoms with Crippen LogP contribution in [-0.2, 0) is 11.3 Å². The van der Waals surface area contributed by atoms with Crippen molar-refractivity contribution in [2.45, 2.75) is 6.54 Å². The maximum atomic E-state index is 13.3. The fourth-order valence-corrected chi connectivity index (χ4v) is 3.82. The van der Waals surface area contributed by atoms with E-state index in [0.29, 0.717) is 16.2 Å². The van der Waals surface area contributed by atoms with Crippen molar-refractivity contribution in [3.05, 3.63) is 96.3 Å². The minimum Gasteiger partial charge on any atom is -0.465 e. The highest BCUT2D eigenvalue weighted by molar-refractivity contribution is 7.22. The molecule has 8 heteroatoms. The number of aromatic nitrogens is 2. The van der Waals surface area contributed by atoms with Crippen molar-refractivity contribution in [3.63, 3.8) is 0 Å². The molecule has 0 bridgehead atoms. The molecule has 0 saturated heterocycles. The lowest BCUT2D eigenvalue weighted by atomic mass is 10.2. The molecule has 0 N–H and O–H groups in total. The van der Waals surface area contributed by atoms with E-state index in [9.17, 15) is 9.18 Å². The molecule has 0 unspecified atom stereocenters. The lowest BCUT2D eigenvalue weighted by Gasteiger charge is -2.18. The molecule has 0 aliphatic rings. The molecule has 0 spiro atoms. The van der Waals surface area contributed by atoms with Crippen molar-refractivity contribution < 1.29 is 13.9 Å². The lowest BCUT2D eigenvalue weighted by Crippen LogP contribution is -2.28. The van der Waals surface area contributed by atoms with Crippen LogP contribution in [0.15, 0.2) is 79.3 Å². The van der Waals surface area contributed by atoms with Crippen LogP contribution in [-0.4, -0.2) is 15.9 Å². The predicted octanol–water partition coefficient (Wildman–Crippen LogP) is 4.83. The second-order valence-corrected chi connectivity index (χ2v) is 7.46. The number of carbonyl (C=O) groups excluding carboxylic acids is 1. The van der Waals surface area contributed by atoms with Gasteiger partial charge >= 0.3 is 0 Å². The highest BCUT2D eigenvalue weighted by Gasteiger charge is 2.19. The zero-order valence-corrected chi connectivity index (χ0v) is 16.9. The van der Waals surface area contributed by atoms with E-state index in [1.807, 2.05) is 6.07 Å². The normalized spacial score (nSPS) is 10.8. The van der Waals surface area contributed by atoms with E-state index in [2.05, 4.69) is 16.0 Å². The van der Waals surface area contributed by atoms with Gasteiger partial charge in [-0.25, -0.2) is 9.37 Å². The SMILES string of the molecule is N#Cc1ccc2nc(N(Cc3cccnc3)C(=O)C=COc3cccc(F)c3)sc2c1. The van der Waals surface area contributed by atoms with E-state index in [1.54, 1.807) is 42.7 Å². The van der Waals surface area contributed by atoms with Gasteiger partial charge in [-0.3, -0.25) is 14.7 Å². The van der Waals surface area contributed by atoms with E-state index in [1.165, 1.54) is 46.8 Å². The molecule has 4 rings (SSSR count). The third-order valence-electron chi connectivity index (χ3n) is 4.28. The van der Waals surface area contributed by atoms with E-state index in [-0.39, 0.29) is 18.2 Å². The van der Waals surface area contributed by atoms with Crippen molar-refractivity contribution in [2.24, 2.45) is 0 Å². The van der Waals surface area contributed by atoms with Crippen LogP contribution >= 0.6 is 11.3 Å². The molecule has 4 aromatic rings. The fourth-order valence-electron chi connectivity index (χ4n) is 2.81. The minimum absolute atomic E-state index is 0.252. The maximum Gasteiger partial charge on any atom is 0.256 e. The molecule has 0 atom stereocenters. The van der Waals surface area contributed by atoms with Gasteiger partial charge in [0.1, 0.15) is 11.6 Å². The Bertz CT molecular complexity index is 1300. The van der Waals surface area contributed by atoms with Gasteiger partial charge in [0.25, 0.3) is 5.91 Å². The summed E-state index contributed by atoms with van der Waals surface area (Å²) in [5.41, 5.74) is 2.05. The van der Waals surface area contributed by atoms with E-state index < -0.39 is 5.82 Å². The monoisotopic (exact) mass is 430 g/mol. The third-order valence-corrected chi connectivity index (χ3v) is 5.32. The van der Waals surface area contributed by atoms with Crippen molar-refractivity contribution in [1.29, 1.82) is 5.26 Å². The summed E-state index contributed by atoms with van der Waals surface area (Å²) in [6.07, 6.45) is 5.81. The molecule has 2 heterocycles. The Kier molecular flexibility index (Phi) is 5.96. The van der Waals surface area contributed by atoms with E-state index >= 15 is 0 Å². The molecule has 0 aliphatic heterocycles. The summed E-state index contributed by atoms with van der Waals surface area (Å²) in [6.45, 7) is 0.252. The largest absolute Gasteiger partial charge is 0.465 e. The van der Waals surface area contributed by atoms with Gasteiger partial charge in [-0.15, -0.1) is 0 Å². The number of carbonyl (C=O) groups is 1. The summed E-state index contributed by atoms with van der Waals surface area (Å²) < 4.78 is 19.4. The quantitative estimate of drug-likeness (QED) is 0.323. The highest BCUT2D eigenvalue weighted by atomic mass is 32.1. The Labute approximate surface area is 181 Å². The summed E-state index contributed by atoms with van der Waals surface area (Å²) >= 11 is 1.31. The first-order chi connectivity index (χ1) is 15.1. The molecule has 1 amide bonds. The number of nitriles is 1. The first-order valence-corrected chi connectivity index (χ1v) is 10.0. The van der Waals surface area contributed by atoms with Crippen molar-refractivity contribution in [2.75, 3.05) is 4.90 Å². The molecule has 2 aromatic carbocycles. The van der Waals surface area contributed by atoms with Crippen LogP contribution in [0.2, 0.25) is 0 Å². The van der Waals surface area contributed by atoms with E-state index in [0.717, 1.165) is 10.3 Å². The van der Waals surface area contributed by atoms with Crippen molar-refractivity contribution in [3.8, 4) is 11.8 Å². The third kappa shape index (κ3) is 4.91. The van der Waals surface area contributed by atoms with Gasteiger partial charge in [0.15, 0.2) is 5.13 Å². The number of hydrogen-bond acceptors (Lipinski definition) is 6. The number of ether oxygens (including phenoxy) is 1. The molecule has 31 heavy (non-hydrogen) atoms. The summed E-state index contributed by atoms with van der Waals surface area (Å²) in [5.74, 6) is -0.506. The maximum absolute atomic E-state index is 13.3. The Morgan fingerprint density at radius 3 is 2.90 bits per heavy atom. The van der Waals surface area contributed by atoms with Crippen LogP contribution < -0.4 is 9.64 Å². The Hall–Kier alpha value is -4.09. The summed E-state index contributed by atoms with van der Waals surface area (Å²) in [4.78, 5) is 23.1. The van der Waals surface area contributed by atoms with Gasteiger partial charge in [-0.1, -0.05) is 23.5 Å². The number of hydrogen-bond donors (Lipinski definition) is 0. The molecule has 0 aliphatic carbocycles. The zero-order valence-electron chi connectivity index (χ0n) is 16.1. The molecule has 0 fully saturated rings. The fraction of sp³-hybridized carbons (Fsp3) is 0.0435. The van der Waals surface area contributed by atoms with E-state index in [4.69, 9.17) is 10.00 Å². The molecule has 6 nitrogen and oxygen atoms in total. The minimum atomic E-state index is -0.429. The number of benzene rings is 2. The van der Waals surface area contributed by atoms with Crippen LogP contribution in [0.1, 0.15) is 11.1 Å². The first-order valence-electron chi connectivity index (χ1n) is 9.22. The smallest absolute Gasteiger partial charge is 0.256 e. The summed E-state index contributed by atoms with van der Waals surface area (Å²) in [7, 11) is 0. The Balaban J connectivity index is 1.61. The van der Waals surface area contributed by atoms with Crippen LogP contribution in [0.4, 0.5) is 9.52 Å². The van der Waals surface area contributed by atoms with Gasteiger partial charge in [0.05, 0.1) is 34.7 Å². The average Bonchev–Trinajstić information content (AvgIpc) is 3.21. The number of thiazole rings is 1. The number of rotatable bonds is 6. The predicted molar refractivity (Wildman–Crippen MR) is 116 cm³/mol. The number of fused-ring (bicyclic) bond motifs is 1. The second-order valence-electron chi connectivity index (χ2n) is 6.45. The van der Waals surface area contributed by atoms with Crippen LogP contribution in [0.25, 0.3) is 10.2 Å².